The quantitative estimate of drug-likeness (QED) is 0.591. The molecule has 0 saturated carbocycles. The third-order valence-corrected chi connectivity index (χ3v) is 4.38. The highest BCUT2D eigenvalue weighted by atomic mass is 16.4. The van der Waals surface area contributed by atoms with Crippen molar-refractivity contribution in [3.8, 4) is 17.5 Å². The second kappa shape index (κ2) is 5.21. The summed E-state index contributed by atoms with van der Waals surface area (Å²) >= 11 is 0. The van der Waals surface area contributed by atoms with Gasteiger partial charge in [-0.05, 0) is 24.6 Å². The van der Waals surface area contributed by atoms with Crippen molar-refractivity contribution in [3.05, 3.63) is 48.1 Å². The minimum Gasteiger partial charge on any atom is -0.442 e. The fourth-order valence-corrected chi connectivity index (χ4v) is 3.24. The lowest BCUT2D eigenvalue weighted by atomic mass is 10.1. The fourth-order valence-electron chi connectivity index (χ4n) is 3.24. The molecule has 0 fully saturated rings. The minimum absolute atomic E-state index is 0.0268. The zero-order valence-electron chi connectivity index (χ0n) is 13.0. The van der Waals surface area contributed by atoms with E-state index in [1.807, 2.05) is 24.3 Å². The number of aromatic nitrogens is 4. The van der Waals surface area contributed by atoms with E-state index < -0.39 is 0 Å². The number of benzene rings is 1. The Hall–Kier alpha value is -3.60. The molecule has 5 rings (SSSR count). The number of nitrogens with zero attached hydrogens (tertiary/aromatic N) is 4. The lowest BCUT2D eigenvalue weighted by Gasteiger charge is -2.13. The molecule has 4 aromatic rings. The Kier molecular flexibility index (Phi) is 2.87. The van der Waals surface area contributed by atoms with Crippen LogP contribution in [0.1, 0.15) is 29.8 Å². The van der Waals surface area contributed by atoms with Crippen LogP contribution in [0.3, 0.4) is 0 Å². The van der Waals surface area contributed by atoms with Crippen molar-refractivity contribution in [2.75, 3.05) is 5.32 Å². The molecule has 25 heavy (non-hydrogen) atoms. The molecule has 3 aromatic heterocycles. The molecule has 1 atom stereocenters. The van der Waals surface area contributed by atoms with Crippen molar-refractivity contribution in [2.24, 2.45) is 0 Å². The smallest absolute Gasteiger partial charge is 0.301 e. The van der Waals surface area contributed by atoms with Crippen LogP contribution in [0.25, 0.3) is 22.4 Å². The topological polar surface area (TPSA) is 117 Å². The van der Waals surface area contributed by atoms with Gasteiger partial charge >= 0.3 is 5.89 Å². The second-order valence-electron chi connectivity index (χ2n) is 5.87. The molecule has 0 aliphatic heterocycles. The second-order valence-corrected chi connectivity index (χ2v) is 5.87. The summed E-state index contributed by atoms with van der Waals surface area (Å²) < 4.78 is 10.8. The summed E-state index contributed by atoms with van der Waals surface area (Å²) in [6, 6.07) is 7.93. The lowest BCUT2D eigenvalue weighted by Crippen LogP contribution is -2.07. The molecular formula is C17H12N6O2. The van der Waals surface area contributed by atoms with Gasteiger partial charge in [-0.25, -0.2) is 9.97 Å². The molecule has 0 spiro atoms. The summed E-state index contributed by atoms with van der Waals surface area (Å²) in [5, 5.41) is 20.7. The fraction of sp³-hybridized carbons (Fsp3) is 0.176. The van der Waals surface area contributed by atoms with Crippen molar-refractivity contribution < 1.29 is 8.83 Å². The number of nitriles is 1. The van der Waals surface area contributed by atoms with Gasteiger partial charge in [0.05, 0.1) is 17.8 Å². The molecule has 0 amide bonds. The Labute approximate surface area is 141 Å². The van der Waals surface area contributed by atoms with Crippen molar-refractivity contribution in [1.29, 1.82) is 5.26 Å². The number of nitrogens with one attached hydrogen (secondary N) is 2. The predicted molar refractivity (Wildman–Crippen MR) is 87.5 cm³/mol. The highest BCUT2D eigenvalue weighted by molar-refractivity contribution is 5.93. The number of H-pyrrole nitrogens is 1. The molecule has 8 nitrogen and oxygen atoms in total. The van der Waals surface area contributed by atoms with Crippen LogP contribution in [0.4, 0.5) is 5.69 Å². The Morgan fingerprint density at radius 2 is 2.32 bits per heavy atom. The first kappa shape index (κ1) is 13.8. The van der Waals surface area contributed by atoms with Gasteiger partial charge in [0.2, 0.25) is 0 Å². The third-order valence-electron chi connectivity index (χ3n) is 4.38. The maximum absolute atomic E-state index is 8.94. The van der Waals surface area contributed by atoms with Crippen LogP contribution in [-0.4, -0.2) is 20.2 Å². The van der Waals surface area contributed by atoms with Crippen LogP contribution in [0.15, 0.2) is 39.6 Å². The molecule has 0 radical (unpaired) electrons. The molecule has 122 valence electrons. The van der Waals surface area contributed by atoms with Gasteiger partial charge in [-0.3, -0.25) is 5.10 Å². The zero-order valence-corrected chi connectivity index (χ0v) is 13.0. The van der Waals surface area contributed by atoms with Crippen molar-refractivity contribution in [3.63, 3.8) is 0 Å². The monoisotopic (exact) mass is 332 g/mol. The van der Waals surface area contributed by atoms with E-state index in [4.69, 9.17) is 14.1 Å². The molecule has 2 N–H and O–H groups in total. The van der Waals surface area contributed by atoms with Crippen LogP contribution in [0.2, 0.25) is 0 Å². The lowest BCUT2D eigenvalue weighted by molar-refractivity contribution is 0.493. The largest absolute Gasteiger partial charge is 0.442 e. The van der Waals surface area contributed by atoms with E-state index in [2.05, 4.69) is 25.5 Å². The molecule has 1 unspecified atom stereocenters. The van der Waals surface area contributed by atoms with E-state index >= 15 is 0 Å². The molecule has 3 heterocycles. The van der Waals surface area contributed by atoms with E-state index in [9.17, 15) is 0 Å². The van der Waals surface area contributed by atoms with E-state index in [-0.39, 0.29) is 11.9 Å². The van der Waals surface area contributed by atoms with Crippen LogP contribution >= 0.6 is 0 Å². The van der Waals surface area contributed by atoms with Crippen molar-refractivity contribution >= 4 is 16.6 Å². The molecule has 1 aliphatic carbocycles. The van der Waals surface area contributed by atoms with Gasteiger partial charge in [-0.2, -0.15) is 10.4 Å². The minimum atomic E-state index is 0.0268. The number of hydrogen-bond acceptors (Lipinski definition) is 7. The number of aromatic amines is 1. The van der Waals surface area contributed by atoms with Gasteiger partial charge in [-0.1, -0.05) is 0 Å². The Bertz CT molecular complexity index is 1100. The summed E-state index contributed by atoms with van der Waals surface area (Å²) in [4.78, 5) is 8.21. The first-order chi connectivity index (χ1) is 12.3. The normalized spacial score (nSPS) is 16.0. The van der Waals surface area contributed by atoms with Gasteiger partial charge < -0.3 is 14.2 Å². The number of rotatable bonds is 3. The summed E-state index contributed by atoms with van der Waals surface area (Å²) in [7, 11) is 0. The van der Waals surface area contributed by atoms with Gasteiger partial charge in [0.1, 0.15) is 17.1 Å². The number of fused-ring (bicyclic) bond motifs is 2. The Balaban J connectivity index is 1.49. The summed E-state index contributed by atoms with van der Waals surface area (Å²) in [6.45, 7) is 0. The summed E-state index contributed by atoms with van der Waals surface area (Å²) in [5.41, 5.74) is 3.39. The standard InChI is InChI=1S/C17H12N6O2/c18-6-15-21-17-12(3-4-13(17)25-15)20-9-1-2-11-10(5-9)16(23-22-11)14-7-19-8-24-14/h1-2,5,7-8,12,20H,3-4H2,(H,22,23). The van der Waals surface area contributed by atoms with Crippen LogP contribution in [0.5, 0.6) is 0 Å². The van der Waals surface area contributed by atoms with Gasteiger partial charge in [-0.15, -0.1) is 0 Å². The first-order valence-corrected chi connectivity index (χ1v) is 7.85. The van der Waals surface area contributed by atoms with Crippen molar-refractivity contribution in [1.82, 2.24) is 20.2 Å². The molecule has 0 saturated heterocycles. The molecule has 1 aromatic carbocycles. The van der Waals surface area contributed by atoms with Gasteiger partial charge in [0.25, 0.3) is 0 Å². The third kappa shape index (κ3) is 2.17. The number of aryl methyl sites for hydroxylation is 1. The van der Waals surface area contributed by atoms with Crippen LogP contribution < -0.4 is 5.32 Å². The molecule has 8 heteroatoms. The number of oxazole rings is 2. The van der Waals surface area contributed by atoms with Crippen LogP contribution in [0, 0.1) is 11.3 Å². The SMILES string of the molecule is N#Cc1nc2c(o1)CCC2Nc1ccc2[nH]nc(-c3cnco3)c2c1. The Morgan fingerprint density at radius 3 is 3.16 bits per heavy atom. The van der Waals surface area contributed by atoms with E-state index in [1.54, 1.807) is 6.20 Å². The highest BCUT2D eigenvalue weighted by Gasteiger charge is 2.29. The molecular weight excluding hydrogens is 320 g/mol. The number of hydrogen-bond donors (Lipinski definition) is 2. The van der Waals surface area contributed by atoms with E-state index in [0.29, 0.717) is 5.76 Å². The summed E-state index contributed by atoms with van der Waals surface area (Å²) in [5.74, 6) is 1.52. The average Bonchev–Trinajstić information content (AvgIpc) is 3.39. The zero-order chi connectivity index (χ0) is 16.8. The first-order valence-electron chi connectivity index (χ1n) is 7.85. The summed E-state index contributed by atoms with van der Waals surface area (Å²) in [6.07, 6.45) is 4.68. The van der Waals surface area contributed by atoms with Gasteiger partial charge in [0.15, 0.2) is 18.2 Å². The van der Waals surface area contributed by atoms with E-state index in [0.717, 1.165) is 46.6 Å². The number of anilines is 1. The maximum Gasteiger partial charge on any atom is 0.301 e. The van der Waals surface area contributed by atoms with Crippen molar-refractivity contribution in [2.45, 2.75) is 18.9 Å². The predicted octanol–water partition coefficient (Wildman–Crippen LogP) is 3.18. The molecule has 1 aliphatic rings. The molecule has 0 bridgehead atoms. The maximum atomic E-state index is 8.94. The van der Waals surface area contributed by atoms with Crippen LogP contribution in [-0.2, 0) is 6.42 Å². The highest BCUT2D eigenvalue weighted by Crippen LogP contribution is 2.35. The Morgan fingerprint density at radius 1 is 1.36 bits per heavy atom. The van der Waals surface area contributed by atoms with E-state index in [1.165, 1.54) is 6.39 Å². The average molecular weight is 332 g/mol. The van der Waals surface area contributed by atoms with Gasteiger partial charge in [0, 0.05) is 17.5 Å².